The van der Waals surface area contributed by atoms with Crippen molar-refractivity contribution in [2.75, 3.05) is 13.1 Å². The molecule has 0 saturated carbocycles. The van der Waals surface area contributed by atoms with Gasteiger partial charge in [-0.2, -0.15) is 9.40 Å². The number of sulfonamides is 1. The van der Waals surface area contributed by atoms with Gasteiger partial charge in [-0.05, 0) is 18.4 Å². The summed E-state index contributed by atoms with van der Waals surface area (Å²) in [7, 11) is -3.39. The third-order valence-electron chi connectivity index (χ3n) is 2.92. The predicted molar refractivity (Wildman–Crippen MR) is 63.8 cm³/mol. The number of aromatic amines is 1. The molecule has 90 valence electrons. The lowest BCUT2D eigenvalue weighted by Crippen LogP contribution is -2.43. The van der Waals surface area contributed by atoms with Crippen molar-refractivity contribution in [3.8, 4) is 0 Å². The van der Waals surface area contributed by atoms with E-state index in [4.69, 9.17) is 0 Å². The highest BCUT2D eigenvalue weighted by Gasteiger charge is 2.33. The molecule has 0 spiro atoms. The van der Waals surface area contributed by atoms with Gasteiger partial charge in [0, 0.05) is 17.9 Å². The maximum atomic E-state index is 12.1. The zero-order valence-corrected chi connectivity index (χ0v) is 11.3. The van der Waals surface area contributed by atoms with E-state index < -0.39 is 10.0 Å². The van der Waals surface area contributed by atoms with E-state index in [1.54, 1.807) is 0 Å². The van der Waals surface area contributed by atoms with E-state index in [-0.39, 0.29) is 9.85 Å². The Morgan fingerprint density at radius 3 is 2.94 bits per heavy atom. The Bertz CT molecular complexity index is 445. The first-order chi connectivity index (χ1) is 7.51. The molecule has 2 rings (SSSR count). The van der Waals surface area contributed by atoms with Crippen LogP contribution in [0.4, 0.5) is 0 Å². The van der Waals surface area contributed by atoms with E-state index in [1.165, 1.54) is 16.6 Å². The van der Waals surface area contributed by atoms with Gasteiger partial charge >= 0.3 is 0 Å². The van der Waals surface area contributed by atoms with Crippen LogP contribution in [0.2, 0.25) is 0 Å². The second-order valence-corrected chi connectivity index (χ2v) is 7.15. The molecule has 2 heterocycles. The fraction of sp³-hybridized carbons (Fsp3) is 0.667. The standard InChI is InChI=1S/C9H14BrN3O2S/c1-7-3-5-13(6-8(7)10)16(14,15)9-2-4-11-12-9/h2,4,7-8H,3,5-6H2,1H3,(H,11,12). The van der Waals surface area contributed by atoms with Gasteiger partial charge in [-0.15, -0.1) is 0 Å². The van der Waals surface area contributed by atoms with Gasteiger partial charge in [0.15, 0.2) is 5.03 Å². The van der Waals surface area contributed by atoms with Crippen molar-refractivity contribution in [3.05, 3.63) is 12.3 Å². The lowest BCUT2D eigenvalue weighted by molar-refractivity contribution is 0.299. The molecule has 0 radical (unpaired) electrons. The molecule has 1 aliphatic heterocycles. The van der Waals surface area contributed by atoms with Crippen molar-refractivity contribution in [1.82, 2.24) is 14.5 Å². The highest BCUT2D eigenvalue weighted by atomic mass is 79.9. The molecule has 5 nitrogen and oxygen atoms in total. The summed E-state index contributed by atoms with van der Waals surface area (Å²) in [4.78, 5) is 0.221. The third-order valence-corrected chi connectivity index (χ3v) is 5.91. The molecule has 1 aromatic rings. The smallest absolute Gasteiger partial charge is 0.260 e. The third kappa shape index (κ3) is 2.16. The van der Waals surface area contributed by atoms with Gasteiger partial charge in [0.25, 0.3) is 10.0 Å². The molecule has 7 heteroatoms. The second-order valence-electron chi connectivity index (χ2n) is 4.07. The Balaban J connectivity index is 2.20. The van der Waals surface area contributed by atoms with Gasteiger partial charge in [-0.25, -0.2) is 8.42 Å². The van der Waals surface area contributed by atoms with E-state index in [0.717, 1.165) is 6.42 Å². The summed E-state index contributed by atoms with van der Waals surface area (Å²) >= 11 is 3.52. The molecule has 1 saturated heterocycles. The van der Waals surface area contributed by atoms with Crippen molar-refractivity contribution in [1.29, 1.82) is 0 Å². The number of aromatic nitrogens is 2. The fourth-order valence-electron chi connectivity index (χ4n) is 1.74. The van der Waals surface area contributed by atoms with Gasteiger partial charge in [0.1, 0.15) is 0 Å². The summed E-state index contributed by atoms with van der Waals surface area (Å²) in [6, 6.07) is 1.48. The van der Waals surface area contributed by atoms with Gasteiger partial charge in [-0.3, -0.25) is 5.10 Å². The van der Waals surface area contributed by atoms with Crippen LogP contribution in [-0.2, 0) is 10.0 Å². The molecular formula is C9H14BrN3O2S. The molecule has 0 aromatic carbocycles. The fourth-order valence-corrected chi connectivity index (χ4v) is 3.93. The molecule has 2 unspecified atom stereocenters. The summed E-state index contributed by atoms with van der Waals surface area (Å²) < 4.78 is 25.8. The van der Waals surface area contributed by atoms with Crippen LogP contribution in [0.25, 0.3) is 0 Å². The Morgan fingerprint density at radius 2 is 2.38 bits per heavy atom. The highest BCUT2D eigenvalue weighted by molar-refractivity contribution is 9.09. The van der Waals surface area contributed by atoms with E-state index in [0.29, 0.717) is 19.0 Å². The maximum absolute atomic E-state index is 12.1. The molecule has 0 aliphatic carbocycles. The Hall–Kier alpha value is -0.400. The lowest BCUT2D eigenvalue weighted by atomic mass is 10.0. The SMILES string of the molecule is CC1CCN(S(=O)(=O)c2ccn[nH]2)CC1Br. The number of hydrogen-bond acceptors (Lipinski definition) is 3. The predicted octanol–water partition coefficient (Wildman–Crippen LogP) is 1.20. The Labute approximate surface area is 103 Å². The summed E-state index contributed by atoms with van der Waals surface area (Å²) in [6.07, 6.45) is 2.33. The van der Waals surface area contributed by atoms with Crippen molar-refractivity contribution in [2.24, 2.45) is 5.92 Å². The molecule has 2 atom stereocenters. The first kappa shape index (κ1) is 12.1. The number of nitrogens with one attached hydrogen (secondary N) is 1. The molecular weight excluding hydrogens is 294 g/mol. The zero-order chi connectivity index (χ0) is 11.8. The van der Waals surface area contributed by atoms with E-state index in [9.17, 15) is 8.42 Å². The number of piperidine rings is 1. The van der Waals surface area contributed by atoms with Gasteiger partial charge in [0.05, 0.1) is 6.20 Å². The highest BCUT2D eigenvalue weighted by Crippen LogP contribution is 2.26. The number of alkyl halides is 1. The summed E-state index contributed by atoms with van der Waals surface area (Å²) in [5.41, 5.74) is 0. The largest absolute Gasteiger partial charge is 0.266 e. The van der Waals surface area contributed by atoms with Crippen LogP contribution in [0.15, 0.2) is 17.3 Å². The van der Waals surface area contributed by atoms with E-state index in [1.807, 2.05) is 0 Å². The number of halogens is 1. The van der Waals surface area contributed by atoms with Crippen LogP contribution in [0, 0.1) is 5.92 Å². The van der Waals surface area contributed by atoms with Crippen LogP contribution >= 0.6 is 15.9 Å². The molecule has 1 aromatic heterocycles. The first-order valence-electron chi connectivity index (χ1n) is 5.15. The number of hydrogen-bond donors (Lipinski definition) is 1. The minimum Gasteiger partial charge on any atom is -0.266 e. The zero-order valence-electron chi connectivity index (χ0n) is 8.93. The van der Waals surface area contributed by atoms with Crippen LogP contribution in [0.3, 0.4) is 0 Å². The van der Waals surface area contributed by atoms with Crippen LogP contribution in [0.1, 0.15) is 13.3 Å². The second kappa shape index (κ2) is 4.46. The van der Waals surface area contributed by atoms with Crippen molar-refractivity contribution < 1.29 is 8.42 Å². The Morgan fingerprint density at radius 1 is 1.62 bits per heavy atom. The number of rotatable bonds is 2. The van der Waals surface area contributed by atoms with Crippen molar-refractivity contribution >= 4 is 26.0 Å². The molecule has 1 aliphatic rings. The van der Waals surface area contributed by atoms with Crippen LogP contribution in [-0.4, -0.2) is 40.8 Å². The quantitative estimate of drug-likeness (QED) is 0.835. The normalized spacial score (nSPS) is 28.1. The van der Waals surface area contributed by atoms with Crippen LogP contribution in [0.5, 0.6) is 0 Å². The minimum atomic E-state index is -3.39. The molecule has 1 fully saturated rings. The monoisotopic (exact) mass is 307 g/mol. The van der Waals surface area contributed by atoms with Gasteiger partial charge < -0.3 is 0 Å². The molecule has 16 heavy (non-hydrogen) atoms. The van der Waals surface area contributed by atoms with Gasteiger partial charge in [0.2, 0.25) is 0 Å². The van der Waals surface area contributed by atoms with Crippen molar-refractivity contribution in [2.45, 2.75) is 23.2 Å². The average molecular weight is 308 g/mol. The number of H-pyrrole nitrogens is 1. The molecule has 0 amide bonds. The summed E-state index contributed by atoms with van der Waals surface area (Å²) in [6.45, 7) is 3.21. The van der Waals surface area contributed by atoms with Gasteiger partial charge in [-0.1, -0.05) is 22.9 Å². The average Bonchev–Trinajstić information content (AvgIpc) is 2.75. The Kier molecular flexibility index (Phi) is 3.37. The minimum absolute atomic E-state index is 0.168. The maximum Gasteiger partial charge on any atom is 0.260 e. The van der Waals surface area contributed by atoms with Crippen LogP contribution < -0.4 is 0 Å². The summed E-state index contributed by atoms with van der Waals surface area (Å²) in [5, 5.41) is 6.35. The first-order valence-corrected chi connectivity index (χ1v) is 7.51. The number of nitrogens with zero attached hydrogens (tertiary/aromatic N) is 2. The van der Waals surface area contributed by atoms with E-state index in [2.05, 4.69) is 33.1 Å². The summed E-state index contributed by atoms with van der Waals surface area (Å²) in [5.74, 6) is 0.508. The van der Waals surface area contributed by atoms with Crippen molar-refractivity contribution in [3.63, 3.8) is 0 Å². The molecule has 1 N–H and O–H groups in total. The molecule has 0 bridgehead atoms. The van der Waals surface area contributed by atoms with E-state index >= 15 is 0 Å². The lowest BCUT2D eigenvalue weighted by Gasteiger charge is -2.32. The topological polar surface area (TPSA) is 66.1 Å².